The molecule has 136 valence electrons. The molecule has 0 spiro atoms. The Balaban J connectivity index is 2.03. The van der Waals surface area contributed by atoms with E-state index in [9.17, 15) is 0 Å². The molecule has 0 aliphatic carbocycles. The Bertz CT molecular complexity index is 494. The molecule has 0 N–H and O–H groups in total. The van der Waals surface area contributed by atoms with Crippen molar-refractivity contribution in [3.05, 3.63) is 34.9 Å². The van der Waals surface area contributed by atoms with Gasteiger partial charge in [-0.25, -0.2) is 0 Å². The lowest BCUT2D eigenvalue weighted by Gasteiger charge is -2.32. The SMILES string of the molecule is CN1CCN(CCCc2cc(C(C)(C)C)cc(C(C)(C)C)c2)CC1. The summed E-state index contributed by atoms with van der Waals surface area (Å²) in [5, 5.41) is 0. The first-order chi connectivity index (χ1) is 11.1. The second kappa shape index (κ2) is 7.58. The Morgan fingerprint density at radius 2 is 1.29 bits per heavy atom. The quantitative estimate of drug-likeness (QED) is 0.804. The summed E-state index contributed by atoms with van der Waals surface area (Å²) in [6.07, 6.45) is 2.46. The summed E-state index contributed by atoms with van der Waals surface area (Å²) in [5.74, 6) is 0. The second-order valence-electron chi connectivity index (χ2n) is 9.67. The molecule has 2 nitrogen and oxygen atoms in total. The van der Waals surface area contributed by atoms with Crippen LogP contribution >= 0.6 is 0 Å². The molecule has 0 aromatic heterocycles. The van der Waals surface area contributed by atoms with Crippen LogP contribution in [0.15, 0.2) is 18.2 Å². The maximum Gasteiger partial charge on any atom is 0.0110 e. The highest BCUT2D eigenvalue weighted by Crippen LogP contribution is 2.30. The molecule has 0 amide bonds. The van der Waals surface area contributed by atoms with Gasteiger partial charge in [0.05, 0.1) is 0 Å². The maximum atomic E-state index is 2.62. The average molecular weight is 331 g/mol. The van der Waals surface area contributed by atoms with Crippen LogP contribution in [0.5, 0.6) is 0 Å². The third kappa shape index (κ3) is 5.60. The van der Waals surface area contributed by atoms with Crippen molar-refractivity contribution in [2.45, 2.75) is 65.2 Å². The summed E-state index contributed by atoms with van der Waals surface area (Å²) >= 11 is 0. The van der Waals surface area contributed by atoms with E-state index in [4.69, 9.17) is 0 Å². The van der Waals surface area contributed by atoms with E-state index in [0.29, 0.717) is 0 Å². The fourth-order valence-electron chi connectivity index (χ4n) is 3.28. The van der Waals surface area contributed by atoms with Crippen LogP contribution in [0.2, 0.25) is 0 Å². The molecule has 1 heterocycles. The van der Waals surface area contributed by atoms with Gasteiger partial charge in [0.2, 0.25) is 0 Å². The summed E-state index contributed by atoms with van der Waals surface area (Å²) in [6, 6.07) is 7.31. The second-order valence-corrected chi connectivity index (χ2v) is 9.67. The zero-order valence-electron chi connectivity index (χ0n) is 17.1. The van der Waals surface area contributed by atoms with E-state index in [0.717, 1.165) is 0 Å². The van der Waals surface area contributed by atoms with Gasteiger partial charge in [-0.2, -0.15) is 0 Å². The van der Waals surface area contributed by atoms with Crippen LogP contribution in [0.1, 0.15) is 64.7 Å². The van der Waals surface area contributed by atoms with Gasteiger partial charge >= 0.3 is 0 Å². The van der Waals surface area contributed by atoms with E-state index in [1.807, 2.05) is 0 Å². The fourth-order valence-corrected chi connectivity index (χ4v) is 3.28. The molecule has 1 aromatic rings. The van der Waals surface area contributed by atoms with Gasteiger partial charge in [-0.15, -0.1) is 0 Å². The molecule has 1 aliphatic heterocycles. The lowest BCUT2D eigenvalue weighted by molar-refractivity contribution is 0.153. The summed E-state index contributed by atoms with van der Waals surface area (Å²) in [4.78, 5) is 5.05. The lowest BCUT2D eigenvalue weighted by atomic mass is 9.79. The minimum Gasteiger partial charge on any atom is -0.304 e. The fraction of sp³-hybridized carbons (Fsp3) is 0.727. The minimum absolute atomic E-state index is 0.216. The number of hydrogen-bond acceptors (Lipinski definition) is 2. The predicted molar refractivity (Wildman–Crippen MR) is 106 cm³/mol. The van der Waals surface area contributed by atoms with E-state index < -0.39 is 0 Å². The van der Waals surface area contributed by atoms with Crippen LogP contribution in [-0.4, -0.2) is 49.6 Å². The van der Waals surface area contributed by atoms with Gasteiger partial charge in [0.15, 0.2) is 0 Å². The molecular formula is C22H38N2. The van der Waals surface area contributed by atoms with Gasteiger partial charge in [0, 0.05) is 26.2 Å². The lowest BCUT2D eigenvalue weighted by Crippen LogP contribution is -2.44. The van der Waals surface area contributed by atoms with Crippen molar-refractivity contribution < 1.29 is 0 Å². The molecule has 0 atom stereocenters. The summed E-state index contributed by atoms with van der Waals surface area (Å²) in [7, 11) is 2.23. The van der Waals surface area contributed by atoms with Crippen molar-refractivity contribution in [1.29, 1.82) is 0 Å². The molecule has 1 aromatic carbocycles. The molecular weight excluding hydrogens is 292 g/mol. The molecule has 24 heavy (non-hydrogen) atoms. The first kappa shape index (κ1) is 19.5. The minimum atomic E-state index is 0.216. The highest BCUT2D eigenvalue weighted by atomic mass is 15.2. The number of benzene rings is 1. The monoisotopic (exact) mass is 330 g/mol. The molecule has 1 saturated heterocycles. The zero-order valence-corrected chi connectivity index (χ0v) is 17.1. The largest absolute Gasteiger partial charge is 0.304 e. The summed E-state index contributed by atoms with van der Waals surface area (Å²) in [5.41, 5.74) is 4.90. The predicted octanol–water partition coefficient (Wildman–Crippen LogP) is 4.46. The molecule has 0 unspecified atom stereocenters. The Morgan fingerprint density at radius 1 is 0.792 bits per heavy atom. The van der Waals surface area contributed by atoms with E-state index >= 15 is 0 Å². The van der Waals surface area contributed by atoms with Crippen molar-refractivity contribution in [2.24, 2.45) is 0 Å². The van der Waals surface area contributed by atoms with Gasteiger partial charge in [0.1, 0.15) is 0 Å². The maximum absolute atomic E-state index is 2.62. The Kier molecular flexibility index (Phi) is 6.14. The van der Waals surface area contributed by atoms with Gasteiger partial charge < -0.3 is 9.80 Å². The van der Waals surface area contributed by atoms with E-state index in [1.165, 1.54) is 62.3 Å². The van der Waals surface area contributed by atoms with Crippen molar-refractivity contribution in [1.82, 2.24) is 9.80 Å². The van der Waals surface area contributed by atoms with Gasteiger partial charge in [-0.05, 0) is 54.0 Å². The zero-order chi connectivity index (χ0) is 18.0. The third-order valence-electron chi connectivity index (χ3n) is 5.26. The van der Waals surface area contributed by atoms with Crippen molar-refractivity contribution >= 4 is 0 Å². The highest BCUT2D eigenvalue weighted by molar-refractivity contribution is 5.37. The normalized spacial score (nSPS) is 18.1. The van der Waals surface area contributed by atoms with Crippen LogP contribution in [0.25, 0.3) is 0 Å². The van der Waals surface area contributed by atoms with E-state index in [2.05, 4.69) is 76.6 Å². The van der Waals surface area contributed by atoms with Crippen molar-refractivity contribution in [2.75, 3.05) is 39.8 Å². The number of rotatable bonds is 4. The van der Waals surface area contributed by atoms with Crippen LogP contribution in [-0.2, 0) is 17.3 Å². The van der Waals surface area contributed by atoms with Gasteiger partial charge in [-0.3, -0.25) is 0 Å². The number of aryl methyl sites for hydroxylation is 1. The molecule has 0 saturated carbocycles. The Labute approximate surface area is 150 Å². The van der Waals surface area contributed by atoms with Crippen LogP contribution in [0, 0.1) is 0 Å². The number of hydrogen-bond donors (Lipinski definition) is 0. The molecule has 2 rings (SSSR count). The summed E-state index contributed by atoms with van der Waals surface area (Å²) < 4.78 is 0. The Morgan fingerprint density at radius 3 is 1.75 bits per heavy atom. The first-order valence-electron chi connectivity index (χ1n) is 9.61. The molecule has 0 bridgehead atoms. The topological polar surface area (TPSA) is 6.48 Å². The molecule has 1 aliphatic rings. The first-order valence-corrected chi connectivity index (χ1v) is 9.61. The molecule has 2 heteroatoms. The van der Waals surface area contributed by atoms with Crippen LogP contribution in [0.4, 0.5) is 0 Å². The smallest absolute Gasteiger partial charge is 0.0110 e. The Hall–Kier alpha value is -0.860. The van der Waals surface area contributed by atoms with Gasteiger partial charge in [0.25, 0.3) is 0 Å². The summed E-state index contributed by atoms with van der Waals surface area (Å²) in [6.45, 7) is 20.1. The number of piperazine rings is 1. The van der Waals surface area contributed by atoms with Gasteiger partial charge in [-0.1, -0.05) is 59.7 Å². The van der Waals surface area contributed by atoms with Crippen molar-refractivity contribution in [3.63, 3.8) is 0 Å². The van der Waals surface area contributed by atoms with Crippen LogP contribution in [0.3, 0.4) is 0 Å². The molecule has 0 radical (unpaired) electrons. The van der Waals surface area contributed by atoms with Crippen molar-refractivity contribution in [3.8, 4) is 0 Å². The third-order valence-corrected chi connectivity index (χ3v) is 5.26. The number of nitrogens with zero attached hydrogens (tertiary/aromatic N) is 2. The standard InChI is InChI=1S/C22H38N2/c1-21(2,3)19-15-18(16-20(17-19)22(4,5)6)9-8-10-24-13-11-23(7)12-14-24/h15-17H,8-14H2,1-7H3. The average Bonchev–Trinajstić information content (AvgIpc) is 2.47. The van der Waals surface area contributed by atoms with E-state index in [1.54, 1.807) is 0 Å². The van der Waals surface area contributed by atoms with E-state index in [-0.39, 0.29) is 10.8 Å². The van der Waals surface area contributed by atoms with Crippen LogP contribution < -0.4 is 0 Å². The molecule has 1 fully saturated rings. The number of likely N-dealkylation sites (N-methyl/N-ethyl adjacent to an activating group) is 1. The highest BCUT2D eigenvalue weighted by Gasteiger charge is 2.20.